The lowest BCUT2D eigenvalue weighted by atomic mass is 10.1. The second kappa shape index (κ2) is 7.73. The highest BCUT2D eigenvalue weighted by molar-refractivity contribution is 5.89. The monoisotopic (exact) mass is 446 g/mol. The molecule has 10 nitrogen and oxygen atoms in total. The van der Waals surface area contributed by atoms with Crippen LogP contribution in [0.3, 0.4) is 0 Å². The molecule has 0 bridgehead atoms. The average Bonchev–Trinajstić information content (AvgIpc) is 3.06. The molecule has 10 heteroatoms. The Balaban J connectivity index is 1.53. The minimum Gasteiger partial charge on any atom is -0.474 e. The Labute approximate surface area is 189 Å². The number of carbonyl (C=O) groups excluding carboxylic acids is 1. The summed E-state index contributed by atoms with van der Waals surface area (Å²) in [5.74, 6) is 0.420. The van der Waals surface area contributed by atoms with Crippen LogP contribution in [-0.2, 0) is 18.8 Å². The molecule has 0 amide bonds. The predicted molar refractivity (Wildman–Crippen MR) is 122 cm³/mol. The third-order valence-corrected chi connectivity index (χ3v) is 5.86. The molecule has 33 heavy (non-hydrogen) atoms. The molecule has 0 radical (unpaired) electrons. The van der Waals surface area contributed by atoms with Gasteiger partial charge in [-0.25, -0.2) is 19.6 Å². The molecule has 0 saturated carbocycles. The summed E-state index contributed by atoms with van der Waals surface area (Å²) in [5.41, 5.74) is 4.90. The summed E-state index contributed by atoms with van der Waals surface area (Å²) in [4.78, 5) is 39.5. The molecule has 0 aliphatic carbocycles. The zero-order chi connectivity index (χ0) is 23.3. The van der Waals surface area contributed by atoms with Crippen LogP contribution in [-0.4, -0.2) is 50.3 Å². The van der Waals surface area contributed by atoms with E-state index in [1.54, 1.807) is 48.6 Å². The van der Waals surface area contributed by atoms with Gasteiger partial charge in [-0.3, -0.25) is 9.13 Å². The number of methoxy groups -OCH3 is 1. The van der Waals surface area contributed by atoms with E-state index in [1.807, 2.05) is 18.2 Å². The van der Waals surface area contributed by atoms with Crippen LogP contribution in [0.5, 0.6) is 5.88 Å². The second-order valence-electron chi connectivity index (χ2n) is 7.84. The highest BCUT2D eigenvalue weighted by Crippen LogP contribution is 2.36. The maximum absolute atomic E-state index is 12.3. The summed E-state index contributed by atoms with van der Waals surface area (Å²) >= 11 is 0. The van der Waals surface area contributed by atoms with E-state index >= 15 is 0 Å². The number of benzene rings is 1. The van der Waals surface area contributed by atoms with E-state index in [4.69, 9.17) is 9.47 Å². The van der Waals surface area contributed by atoms with Crippen LogP contribution in [0.25, 0.3) is 22.4 Å². The van der Waals surface area contributed by atoms with Crippen molar-refractivity contribution in [3.8, 4) is 17.3 Å². The van der Waals surface area contributed by atoms with Crippen LogP contribution in [0.4, 0.5) is 11.4 Å². The summed E-state index contributed by atoms with van der Waals surface area (Å²) in [6.45, 7) is 2.86. The molecule has 1 aliphatic heterocycles. The van der Waals surface area contributed by atoms with E-state index in [9.17, 15) is 9.59 Å². The fraction of sp³-hybridized carbons (Fsp3) is 0.261. The summed E-state index contributed by atoms with van der Waals surface area (Å²) in [5, 5.41) is 0. The van der Waals surface area contributed by atoms with Crippen molar-refractivity contribution in [1.82, 2.24) is 24.1 Å². The van der Waals surface area contributed by atoms with E-state index < -0.39 is 5.97 Å². The topological polar surface area (TPSA) is 104 Å². The molecule has 1 aliphatic rings. The van der Waals surface area contributed by atoms with Crippen molar-refractivity contribution in [1.29, 1.82) is 0 Å². The third-order valence-electron chi connectivity index (χ3n) is 5.86. The van der Waals surface area contributed by atoms with Crippen LogP contribution < -0.4 is 15.3 Å². The Bertz CT molecular complexity index is 1470. The van der Waals surface area contributed by atoms with Crippen LogP contribution in [0, 0.1) is 6.92 Å². The number of aryl methyl sites for hydroxylation is 3. The van der Waals surface area contributed by atoms with Gasteiger partial charge in [0, 0.05) is 31.5 Å². The lowest BCUT2D eigenvalue weighted by Crippen LogP contribution is -2.29. The SMILES string of the molecule is COC(=O)c1ncc(-c2ncc3c(n2)OCCN3c2ccc3c(c2)n(C)c(=O)n3C)cc1C. The number of hydrogen-bond donors (Lipinski definition) is 0. The smallest absolute Gasteiger partial charge is 0.356 e. The van der Waals surface area contributed by atoms with E-state index in [1.165, 1.54) is 7.11 Å². The quantitative estimate of drug-likeness (QED) is 0.442. The maximum Gasteiger partial charge on any atom is 0.356 e. The lowest BCUT2D eigenvalue weighted by molar-refractivity contribution is 0.0593. The van der Waals surface area contributed by atoms with Gasteiger partial charge >= 0.3 is 11.7 Å². The number of carbonyl (C=O) groups is 1. The first-order chi connectivity index (χ1) is 15.9. The number of pyridine rings is 1. The number of rotatable bonds is 3. The van der Waals surface area contributed by atoms with Crippen molar-refractivity contribution in [2.45, 2.75) is 6.92 Å². The molecule has 3 aromatic heterocycles. The summed E-state index contributed by atoms with van der Waals surface area (Å²) in [6, 6.07) is 7.70. The van der Waals surface area contributed by atoms with Crippen LogP contribution >= 0.6 is 0 Å². The highest BCUT2D eigenvalue weighted by atomic mass is 16.5. The van der Waals surface area contributed by atoms with E-state index in [0.29, 0.717) is 36.0 Å². The molecular weight excluding hydrogens is 424 g/mol. The Kier molecular flexibility index (Phi) is 4.85. The lowest BCUT2D eigenvalue weighted by Gasteiger charge is -2.30. The standard InChI is InChI=1S/C23H22N6O4/c1-13-9-14(11-24-19(13)22(30)32-4)20-25-12-18-21(26-20)33-8-7-29(18)15-5-6-16-17(10-15)28(3)23(31)27(16)2/h5-6,9-12H,7-8H2,1-4H3. The molecule has 168 valence electrons. The Morgan fingerprint density at radius 3 is 2.64 bits per heavy atom. The molecule has 0 spiro atoms. The summed E-state index contributed by atoms with van der Waals surface area (Å²) in [6.07, 6.45) is 3.26. The number of nitrogens with zero attached hydrogens (tertiary/aromatic N) is 6. The average molecular weight is 446 g/mol. The van der Waals surface area contributed by atoms with Gasteiger partial charge in [0.1, 0.15) is 12.3 Å². The number of anilines is 2. The van der Waals surface area contributed by atoms with Gasteiger partial charge in [-0.05, 0) is 36.8 Å². The molecule has 4 heterocycles. The fourth-order valence-corrected chi connectivity index (χ4v) is 4.08. The number of ether oxygens (including phenoxy) is 2. The third kappa shape index (κ3) is 3.30. The van der Waals surface area contributed by atoms with Crippen molar-refractivity contribution in [3.63, 3.8) is 0 Å². The van der Waals surface area contributed by atoms with E-state index in [-0.39, 0.29) is 11.4 Å². The van der Waals surface area contributed by atoms with Gasteiger partial charge in [0.25, 0.3) is 0 Å². The largest absolute Gasteiger partial charge is 0.474 e. The molecule has 1 aromatic carbocycles. The normalized spacial score (nSPS) is 13.0. The number of aromatic nitrogens is 5. The Morgan fingerprint density at radius 1 is 1.09 bits per heavy atom. The fourth-order valence-electron chi connectivity index (χ4n) is 4.08. The zero-order valence-electron chi connectivity index (χ0n) is 18.7. The minimum absolute atomic E-state index is 0.0698. The molecule has 0 atom stereocenters. The second-order valence-corrected chi connectivity index (χ2v) is 7.84. The minimum atomic E-state index is -0.489. The van der Waals surface area contributed by atoms with Crippen molar-refractivity contribution in [3.05, 3.63) is 58.4 Å². The van der Waals surface area contributed by atoms with Gasteiger partial charge < -0.3 is 14.4 Å². The van der Waals surface area contributed by atoms with Gasteiger partial charge in [0.05, 0.1) is 30.9 Å². The van der Waals surface area contributed by atoms with Crippen molar-refractivity contribution in [2.24, 2.45) is 14.1 Å². The maximum atomic E-state index is 12.3. The molecule has 5 rings (SSSR count). The molecule has 0 fully saturated rings. The first-order valence-electron chi connectivity index (χ1n) is 10.4. The van der Waals surface area contributed by atoms with Gasteiger partial charge in [0.15, 0.2) is 11.5 Å². The summed E-state index contributed by atoms with van der Waals surface area (Å²) in [7, 11) is 4.85. The molecule has 0 saturated heterocycles. The van der Waals surface area contributed by atoms with Crippen LogP contribution in [0.1, 0.15) is 16.1 Å². The number of esters is 1. The molecule has 0 N–H and O–H groups in total. The molecular formula is C23H22N6O4. The summed E-state index contributed by atoms with van der Waals surface area (Å²) < 4.78 is 13.8. The first kappa shape index (κ1) is 20.7. The van der Waals surface area contributed by atoms with Crippen LogP contribution in [0.15, 0.2) is 41.5 Å². The highest BCUT2D eigenvalue weighted by Gasteiger charge is 2.24. The Hall–Kier alpha value is -4.21. The molecule has 4 aromatic rings. The zero-order valence-corrected chi connectivity index (χ0v) is 18.7. The van der Waals surface area contributed by atoms with E-state index in [2.05, 4.69) is 19.9 Å². The van der Waals surface area contributed by atoms with Crippen molar-refractivity contribution >= 4 is 28.4 Å². The van der Waals surface area contributed by atoms with E-state index in [0.717, 1.165) is 22.4 Å². The number of hydrogen-bond acceptors (Lipinski definition) is 8. The number of fused-ring (bicyclic) bond motifs is 2. The predicted octanol–water partition coefficient (Wildman–Crippen LogP) is 2.35. The van der Waals surface area contributed by atoms with Gasteiger partial charge in [-0.1, -0.05) is 0 Å². The van der Waals surface area contributed by atoms with Crippen molar-refractivity contribution in [2.75, 3.05) is 25.2 Å². The van der Waals surface area contributed by atoms with Gasteiger partial charge in [0.2, 0.25) is 5.88 Å². The molecule has 0 unspecified atom stereocenters. The van der Waals surface area contributed by atoms with Crippen molar-refractivity contribution < 1.29 is 14.3 Å². The Morgan fingerprint density at radius 2 is 1.88 bits per heavy atom. The van der Waals surface area contributed by atoms with Gasteiger partial charge in [-0.2, -0.15) is 4.98 Å². The first-order valence-corrected chi connectivity index (χ1v) is 10.4. The number of imidazole rings is 1. The van der Waals surface area contributed by atoms with Crippen LogP contribution in [0.2, 0.25) is 0 Å². The van der Waals surface area contributed by atoms with Gasteiger partial charge in [-0.15, -0.1) is 0 Å².